The Hall–Kier alpha value is -3.35. The molecular weight excluding hydrogens is 368 g/mol. The Kier molecular flexibility index (Phi) is 5.20. The minimum absolute atomic E-state index is 0.0741. The molecule has 0 unspecified atom stereocenters. The molecule has 150 valence electrons. The number of benzene rings is 1. The van der Waals surface area contributed by atoms with Gasteiger partial charge in [-0.15, -0.1) is 0 Å². The van der Waals surface area contributed by atoms with E-state index in [1.807, 2.05) is 35.9 Å². The molecule has 29 heavy (non-hydrogen) atoms. The van der Waals surface area contributed by atoms with Gasteiger partial charge in [-0.1, -0.05) is 0 Å². The molecule has 3 aromatic rings. The van der Waals surface area contributed by atoms with Crippen molar-refractivity contribution in [3.05, 3.63) is 65.6 Å². The van der Waals surface area contributed by atoms with Gasteiger partial charge in [0.25, 0.3) is 0 Å². The van der Waals surface area contributed by atoms with Crippen molar-refractivity contribution in [2.45, 2.75) is 26.3 Å². The Bertz CT molecular complexity index is 1030. The summed E-state index contributed by atoms with van der Waals surface area (Å²) in [4.78, 5) is 31.4. The number of piperidine rings is 1. The first-order chi connectivity index (χ1) is 14.0. The van der Waals surface area contributed by atoms with Gasteiger partial charge in [0.1, 0.15) is 11.4 Å². The molecule has 0 atom stereocenters. The normalized spacial score (nSPS) is 14.9. The molecule has 1 saturated heterocycles. The number of hydrogen-bond acceptors (Lipinski definition) is 4. The van der Waals surface area contributed by atoms with Gasteiger partial charge in [0.2, 0.25) is 0 Å². The van der Waals surface area contributed by atoms with Gasteiger partial charge in [-0.05, 0) is 61.7 Å². The number of Topliss-reactive ketones (excluding diaryl/α,β-unsaturated/α-hetero) is 1. The lowest BCUT2D eigenvalue weighted by atomic mass is 9.89. The summed E-state index contributed by atoms with van der Waals surface area (Å²) in [5.41, 5.74) is 3.42. The van der Waals surface area contributed by atoms with E-state index in [2.05, 4.69) is 10.3 Å². The Labute approximate surface area is 169 Å². The predicted octanol–water partition coefficient (Wildman–Crippen LogP) is 3.15. The molecule has 0 aliphatic carbocycles. The molecule has 0 bridgehead atoms. The smallest absolute Gasteiger partial charge is 0.317 e. The number of aryl methyl sites for hydroxylation is 1. The summed E-state index contributed by atoms with van der Waals surface area (Å²) >= 11 is 0. The van der Waals surface area contributed by atoms with Gasteiger partial charge in [-0.3, -0.25) is 4.79 Å². The van der Waals surface area contributed by atoms with Gasteiger partial charge < -0.3 is 19.7 Å². The number of carbonyl (C=O) groups excluding carboxylic acids is 2. The van der Waals surface area contributed by atoms with Crippen LogP contribution in [0.1, 0.15) is 34.5 Å². The number of pyridine rings is 1. The molecule has 0 saturated carbocycles. The molecule has 0 spiro atoms. The highest BCUT2D eigenvalue weighted by molar-refractivity contribution is 5.98. The van der Waals surface area contributed by atoms with Crippen LogP contribution in [0.15, 0.2) is 48.8 Å². The SMILES string of the molecule is Cc1ccn2cc(CNC(=O)N3CCC(C(=O)c4ccc(O)cc4)CC3)nc2c1. The van der Waals surface area contributed by atoms with Crippen molar-refractivity contribution in [3.8, 4) is 5.75 Å². The number of rotatable bonds is 4. The lowest BCUT2D eigenvalue weighted by Crippen LogP contribution is -2.45. The first-order valence-corrected chi connectivity index (χ1v) is 9.80. The third-order valence-corrected chi connectivity index (χ3v) is 5.39. The van der Waals surface area contributed by atoms with Crippen LogP contribution in [0.5, 0.6) is 5.75 Å². The molecule has 7 heteroatoms. The van der Waals surface area contributed by atoms with Crippen molar-refractivity contribution in [1.82, 2.24) is 19.6 Å². The molecule has 1 aliphatic rings. The molecular formula is C22H24N4O3. The number of nitrogens with one attached hydrogen (secondary N) is 1. The van der Waals surface area contributed by atoms with Crippen LogP contribution in [0.4, 0.5) is 4.79 Å². The largest absolute Gasteiger partial charge is 0.508 e. The Morgan fingerprint density at radius 3 is 2.62 bits per heavy atom. The van der Waals surface area contributed by atoms with Crippen molar-refractivity contribution < 1.29 is 14.7 Å². The van der Waals surface area contributed by atoms with Crippen LogP contribution < -0.4 is 5.32 Å². The maximum Gasteiger partial charge on any atom is 0.317 e. The number of likely N-dealkylation sites (tertiary alicyclic amines) is 1. The summed E-state index contributed by atoms with van der Waals surface area (Å²) in [6, 6.07) is 10.2. The Morgan fingerprint density at radius 1 is 1.17 bits per heavy atom. The number of ketones is 1. The number of carbonyl (C=O) groups is 2. The Balaban J connectivity index is 1.29. The van der Waals surface area contributed by atoms with Crippen molar-refractivity contribution in [2.75, 3.05) is 13.1 Å². The van der Waals surface area contributed by atoms with Crippen molar-refractivity contribution in [3.63, 3.8) is 0 Å². The minimum Gasteiger partial charge on any atom is -0.508 e. The number of hydrogen-bond donors (Lipinski definition) is 2. The molecule has 4 rings (SSSR count). The summed E-state index contributed by atoms with van der Waals surface area (Å²) in [7, 11) is 0. The molecule has 2 amide bonds. The van der Waals surface area contributed by atoms with Crippen LogP contribution in [-0.2, 0) is 6.54 Å². The van der Waals surface area contributed by atoms with Gasteiger partial charge in [0.15, 0.2) is 5.78 Å². The zero-order valence-corrected chi connectivity index (χ0v) is 16.3. The topological polar surface area (TPSA) is 86.9 Å². The van der Waals surface area contributed by atoms with Crippen LogP contribution in [0, 0.1) is 12.8 Å². The maximum atomic E-state index is 12.6. The fourth-order valence-electron chi connectivity index (χ4n) is 3.71. The number of urea groups is 1. The minimum atomic E-state index is -0.131. The van der Waals surface area contributed by atoms with E-state index in [1.165, 1.54) is 12.1 Å². The number of imidazole rings is 1. The average Bonchev–Trinajstić information content (AvgIpc) is 3.14. The van der Waals surface area contributed by atoms with Gasteiger partial charge in [0.05, 0.1) is 12.2 Å². The lowest BCUT2D eigenvalue weighted by molar-refractivity contribution is 0.0854. The predicted molar refractivity (Wildman–Crippen MR) is 109 cm³/mol. The monoisotopic (exact) mass is 392 g/mol. The summed E-state index contributed by atoms with van der Waals surface area (Å²) < 4.78 is 1.94. The third-order valence-electron chi connectivity index (χ3n) is 5.39. The molecule has 1 aliphatic heterocycles. The van der Waals surface area contributed by atoms with Gasteiger partial charge in [-0.25, -0.2) is 9.78 Å². The lowest BCUT2D eigenvalue weighted by Gasteiger charge is -2.31. The van der Waals surface area contributed by atoms with Crippen molar-refractivity contribution >= 4 is 17.5 Å². The van der Waals surface area contributed by atoms with E-state index in [0.717, 1.165) is 16.9 Å². The van der Waals surface area contributed by atoms with E-state index >= 15 is 0 Å². The van der Waals surface area contributed by atoms with Gasteiger partial charge >= 0.3 is 6.03 Å². The molecule has 3 heterocycles. The van der Waals surface area contributed by atoms with E-state index in [4.69, 9.17) is 0 Å². The highest BCUT2D eigenvalue weighted by atomic mass is 16.3. The number of aromatic hydroxyl groups is 1. The molecule has 1 aromatic carbocycles. The highest BCUT2D eigenvalue weighted by Crippen LogP contribution is 2.23. The molecule has 2 N–H and O–H groups in total. The molecule has 2 aromatic heterocycles. The summed E-state index contributed by atoms with van der Waals surface area (Å²) in [5, 5.41) is 12.3. The Morgan fingerprint density at radius 2 is 1.90 bits per heavy atom. The third kappa shape index (κ3) is 4.23. The fraction of sp³-hybridized carbons (Fsp3) is 0.318. The van der Waals surface area contributed by atoms with E-state index in [0.29, 0.717) is 38.0 Å². The van der Waals surface area contributed by atoms with Crippen molar-refractivity contribution in [1.29, 1.82) is 0 Å². The van der Waals surface area contributed by atoms with Crippen LogP contribution in [0.2, 0.25) is 0 Å². The number of phenolic OH excluding ortho intramolecular Hbond substituents is 1. The standard InChI is InChI=1S/C22H24N4O3/c1-15-6-9-26-14-18(24-20(26)12-15)13-23-22(29)25-10-7-17(8-11-25)21(28)16-2-4-19(27)5-3-16/h2-6,9,12,14,17,27H,7-8,10-11,13H2,1H3,(H,23,29). The number of amides is 2. The van der Waals surface area contributed by atoms with E-state index in [9.17, 15) is 14.7 Å². The van der Waals surface area contributed by atoms with Gasteiger partial charge in [0, 0.05) is 37.0 Å². The first-order valence-electron chi connectivity index (χ1n) is 9.80. The maximum absolute atomic E-state index is 12.6. The van der Waals surface area contributed by atoms with Crippen LogP contribution >= 0.6 is 0 Å². The fourth-order valence-corrected chi connectivity index (χ4v) is 3.71. The molecule has 1 fully saturated rings. The second-order valence-corrected chi connectivity index (χ2v) is 7.53. The van der Waals surface area contributed by atoms with Crippen LogP contribution in [-0.4, -0.2) is 44.3 Å². The zero-order valence-electron chi connectivity index (χ0n) is 16.3. The number of phenols is 1. The molecule has 7 nitrogen and oxygen atoms in total. The van der Waals surface area contributed by atoms with E-state index < -0.39 is 0 Å². The van der Waals surface area contributed by atoms with Crippen molar-refractivity contribution in [2.24, 2.45) is 5.92 Å². The summed E-state index contributed by atoms with van der Waals surface area (Å²) in [6.07, 6.45) is 5.15. The zero-order chi connectivity index (χ0) is 20.4. The second-order valence-electron chi connectivity index (χ2n) is 7.53. The number of nitrogens with zero attached hydrogens (tertiary/aromatic N) is 3. The second kappa shape index (κ2) is 7.95. The molecule has 0 radical (unpaired) electrons. The first kappa shape index (κ1) is 19.0. The number of fused-ring (bicyclic) bond motifs is 1. The van der Waals surface area contributed by atoms with Crippen LogP contribution in [0.25, 0.3) is 5.65 Å². The number of aromatic nitrogens is 2. The van der Waals surface area contributed by atoms with Gasteiger partial charge in [-0.2, -0.15) is 0 Å². The highest BCUT2D eigenvalue weighted by Gasteiger charge is 2.28. The quantitative estimate of drug-likeness (QED) is 0.668. The van der Waals surface area contributed by atoms with E-state index in [-0.39, 0.29) is 23.5 Å². The van der Waals surface area contributed by atoms with E-state index in [1.54, 1.807) is 17.0 Å². The average molecular weight is 392 g/mol. The van der Waals surface area contributed by atoms with Crippen LogP contribution in [0.3, 0.4) is 0 Å². The summed E-state index contributed by atoms with van der Waals surface area (Å²) in [5.74, 6) is 0.129. The summed E-state index contributed by atoms with van der Waals surface area (Å²) in [6.45, 7) is 3.48.